The molecular weight excluding hydrogens is 765 g/mol. The van der Waals surface area contributed by atoms with Gasteiger partial charge in [-0.3, -0.25) is 0 Å². The van der Waals surface area contributed by atoms with Crippen molar-refractivity contribution in [3.05, 3.63) is 93.9 Å². The molecule has 54 heavy (non-hydrogen) atoms. The Morgan fingerprint density at radius 2 is 0.815 bits per heavy atom. The maximum absolute atomic E-state index is 6.18. The van der Waals surface area contributed by atoms with E-state index in [0.717, 1.165) is 67.7 Å². The summed E-state index contributed by atoms with van der Waals surface area (Å²) in [4.78, 5) is 30.2. The fourth-order valence-corrected chi connectivity index (χ4v) is 5.84. The lowest BCUT2D eigenvalue weighted by Gasteiger charge is -2.22. The highest BCUT2D eigenvalue weighted by Crippen LogP contribution is 2.25. The highest BCUT2D eigenvalue weighted by atomic mass is 35.5. The van der Waals surface area contributed by atoms with Crippen LogP contribution in [0.25, 0.3) is 0 Å². The van der Waals surface area contributed by atoms with Crippen LogP contribution in [0, 0.1) is 0 Å². The quantitative estimate of drug-likeness (QED) is 0.0770. The summed E-state index contributed by atoms with van der Waals surface area (Å²) in [5.41, 5.74) is 11.8. The van der Waals surface area contributed by atoms with Crippen molar-refractivity contribution in [3.8, 4) is 0 Å². The fourth-order valence-electron chi connectivity index (χ4n) is 5.07. The van der Waals surface area contributed by atoms with Crippen LogP contribution in [0.5, 0.6) is 0 Å². The normalized spacial score (nSPS) is 9.89. The molecule has 291 valence electrons. The topological polar surface area (TPSA) is 137 Å². The number of nitrogen functional groups attached to an aromatic ring is 1. The number of anilines is 8. The van der Waals surface area contributed by atoms with Gasteiger partial charge >= 0.3 is 0 Å². The molecule has 0 aliphatic rings. The molecule has 12 nitrogen and oxygen atoms in total. The van der Waals surface area contributed by atoms with Crippen LogP contribution >= 0.6 is 46.4 Å². The monoisotopic (exact) mass is 815 g/mol. The highest BCUT2D eigenvalue weighted by molar-refractivity contribution is 6.33. The minimum absolute atomic E-state index is 0. The van der Waals surface area contributed by atoms with Gasteiger partial charge in [-0.1, -0.05) is 25.6 Å². The average molecular weight is 818 g/mol. The number of hydrogen-bond acceptors (Lipinski definition) is 12. The number of hydrogen-bond donors (Lipinski definition) is 3. The van der Waals surface area contributed by atoms with Gasteiger partial charge in [-0.05, 0) is 143 Å². The van der Waals surface area contributed by atoms with Crippen molar-refractivity contribution in [2.75, 3.05) is 70.3 Å². The minimum atomic E-state index is 0. The molecule has 0 aliphatic heterocycles. The van der Waals surface area contributed by atoms with Crippen LogP contribution in [0.1, 0.15) is 50.4 Å². The highest BCUT2D eigenvalue weighted by Gasteiger charge is 2.09. The first kappa shape index (κ1) is 47.7. The van der Waals surface area contributed by atoms with Crippen molar-refractivity contribution in [1.82, 2.24) is 29.9 Å². The van der Waals surface area contributed by atoms with Crippen LogP contribution in [0.3, 0.4) is 0 Å². The molecule has 5 aromatic rings. The molecule has 0 unspecified atom stereocenters. The zero-order chi connectivity index (χ0) is 38.0. The molecule has 0 fully saturated rings. The van der Waals surface area contributed by atoms with Crippen molar-refractivity contribution < 1.29 is 1.43 Å². The van der Waals surface area contributed by atoms with Gasteiger partial charge in [0.05, 0.1) is 0 Å². The second-order valence-corrected chi connectivity index (χ2v) is 12.2. The molecule has 5 rings (SSSR count). The third-order valence-corrected chi connectivity index (χ3v) is 8.30. The van der Waals surface area contributed by atoms with Crippen LogP contribution in [0.2, 0.25) is 21.1 Å². The Hall–Kier alpha value is -4.30. The number of aromatic nitrogens is 6. The van der Waals surface area contributed by atoms with E-state index < -0.39 is 0 Å². The predicted molar refractivity (Wildman–Crippen MR) is 235 cm³/mol. The Labute approximate surface area is 343 Å². The molecule has 2 heterocycles. The van der Waals surface area contributed by atoms with E-state index in [2.05, 4.69) is 127 Å². The predicted octanol–water partition coefficient (Wildman–Crippen LogP) is 10.2. The molecule has 0 aliphatic carbocycles. The van der Waals surface area contributed by atoms with Crippen LogP contribution in [-0.2, 0) is 0 Å². The summed E-state index contributed by atoms with van der Waals surface area (Å²) >= 11 is 22.1. The van der Waals surface area contributed by atoms with Gasteiger partial charge in [0.25, 0.3) is 0 Å². The molecule has 3 radical (unpaired) electrons. The molecule has 17 heteroatoms. The van der Waals surface area contributed by atoms with Gasteiger partial charge in [-0.25, -0.2) is 0 Å². The summed E-state index contributed by atoms with van der Waals surface area (Å²) < 4.78 is 0. The Bertz CT molecular complexity index is 1710. The van der Waals surface area contributed by atoms with Gasteiger partial charge in [0.15, 0.2) is 0 Å². The number of nitrogens with zero attached hydrogens (tertiary/aromatic N) is 9. The maximum Gasteiger partial charge on any atom is 0.233 e. The molecule has 0 bridgehead atoms. The van der Waals surface area contributed by atoms with Crippen molar-refractivity contribution in [1.29, 1.82) is 0 Å². The van der Waals surface area contributed by atoms with E-state index in [1.54, 1.807) is 0 Å². The SMILES string of the molecule is C.CCN(CC)c1cccc(N)c1.CCN(CC)c1cccc(Nc2nc(Cl)nc(Nc3cccc(N(CC)CC)c3)n2)c1.Clc1nc(Cl)nc(Cl)n1.[B].[HH]. The van der Waals surface area contributed by atoms with Gasteiger partial charge in [0.2, 0.25) is 33.0 Å². The van der Waals surface area contributed by atoms with E-state index in [1.807, 2.05) is 42.5 Å². The summed E-state index contributed by atoms with van der Waals surface area (Å²) in [6.45, 7) is 18.7. The van der Waals surface area contributed by atoms with E-state index in [1.165, 1.54) is 5.69 Å². The summed E-state index contributed by atoms with van der Waals surface area (Å²) in [5, 5.41) is 6.61. The van der Waals surface area contributed by atoms with Gasteiger partial charge in [-0.2, -0.15) is 29.9 Å². The average Bonchev–Trinajstić information content (AvgIpc) is 3.10. The van der Waals surface area contributed by atoms with Crippen LogP contribution in [0.4, 0.5) is 46.0 Å². The van der Waals surface area contributed by atoms with Crippen LogP contribution < -0.4 is 31.1 Å². The van der Waals surface area contributed by atoms with Crippen molar-refractivity contribution in [2.45, 2.75) is 49.0 Å². The Kier molecular flexibility index (Phi) is 22.0. The molecule has 0 amide bonds. The zero-order valence-electron chi connectivity index (χ0n) is 30.9. The lowest BCUT2D eigenvalue weighted by molar-refractivity contribution is 0.866. The molecule has 0 saturated heterocycles. The first-order chi connectivity index (χ1) is 25.0. The third-order valence-electron chi connectivity index (χ3n) is 7.62. The Balaban J connectivity index is 0.000000999. The molecule has 4 N–H and O–H groups in total. The van der Waals surface area contributed by atoms with Crippen LogP contribution in [0.15, 0.2) is 72.8 Å². The van der Waals surface area contributed by atoms with E-state index in [9.17, 15) is 0 Å². The van der Waals surface area contributed by atoms with Crippen molar-refractivity contribution in [2.24, 2.45) is 0 Å². The molecule has 3 aromatic carbocycles. The number of benzene rings is 3. The number of halogens is 4. The molecule has 2 aromatic heterocycles. The van der Waals surface area contributed by atoms with E-state index in [-0.39, 0.29) is 38.4 Å². The Morgan fingerprint density at radius 3 is 1.15 bits per heavy atom. The molecular formula is C37H52BCl4N12. The van der Waals surface area contributed by atoms with E-state index >= 15 is 0 Å². The van der Waals surface area contributed by atoms with E-state index in [4.69, 9.17) is 52.1 Å². The van der Waals surface area contributed by atoms with E-state index in [0.29, 0.717) is 11.9 Å². The second-order valence-electron chi connectivity index (χ2n) is 10.9. The summed E-state index contributed by atoms with van der Waals surface area (Å²) in [7, 11) is 0. The first-order valence-electron chi connectivity index (χ1n) is 17.0. The number of rotatable bonds is 13. The van der Waals surface area contributed by atoms with Crippen molar-refractivity contribution >= 4 is 101 Å². The third kappa shape index (κ3) is 15.6. The molecule has 0 atom stereocenters. The van der Waals surface area contributed by atoms with Crippen LogP contribution in [-0.4, -0.2) is 77.6 Å². The second kappa shape index (κ2) is 24.9. The fraction of sp³-hybridized carbons (Fsp3) is 0.351. The maximum atomic E-state index is 6.18. The number of nitrogens with two attached hydrogens (primary N) is 1. The van der Waals surface area contributed by atoms with Gasteiger partial charge < -0.3 is 31.1 Å². The Morgan fingerprint density at radius 1 is 0.500 bits per heavy atom. The van der Waals surface area contributed by atoms with Gasteiger partial charge in [-0.15, -0.1) is 0 Å². The standard InChI is InChI=1S/C23H30ClN7.C10H16N2.C3Cl3N3.CH4.B.H2/c1-5-30(6-2)19-13-9-11-17(15-19)25-22-27-21(24)28-23(29-22)26-18-12-10-14-20(16-18)31(7-3)8-4;1-3-12(4-2)10-7-5-6-9(11)8-10;4-1-7-2(5)9-3(6)8-1;;;/h9-16H,5-8H2,1-4H3,(H2,25,26,27,28,29);5-8H,3-4,11H2,1-2H3;;1H4;;1H. The summed E-state index contributed by atoms with van der Waals surface area (Å²) in [5.74, 6) is 0.776. The summed E-state index contributed by atoms with van der Waals surface area (Å²) in [6, 6.07) is 24.3. The lowest BCUT2D eigenvalue weighted by Crippen LogP contribution is -2.21. The minimum Gasteiger partial charge on any atom is -0.399 e. The first-order valence-corrected chi connectivity index (χ1v) is 18.5. The smallest absolute Gasteiger partial charge is 0.233 e. The molecule has 0 saturated carbocycles. The molecule has 0 spiro atoms. The van der Waals surface area contributed by atoms with Crippen molar-refractivity contribution in [3.63, 3.8) is 0 Å². The largest absolute Gasteiger partial charge is 0.399 e. The zero-order valence-corrected chi connectivity index (χ0v) is 33.9. The number of nitrogens with one attached hydrogen (secondary N) is 2. The van der Waals surface area contributed by atoms with Gasteiger partial charge in [0.1, 0.15) is 0 Å². The summed E-state index contributed by atoms with van der Waals surface area (Å²) in [6.07, 6.45) is 0. The lowest BCUT2D eigenvalue weighted by atomic mass is 10.2. The van der Waals surface area contributed by atoms with Gasteiger partial charge in [0, 0.05) is 83.2 Å².